The molecule has 1 N–H and O–H groups in total. The average Bonchev–Trinajstić information content (AvgIpc) is 3.05. The van der Waals surface area contributed by atoms with Crippen molar-refractivity contribution in [3.8, 4) is 0 Å². The van der Waals surface area contributed by atoms with Crippen LogP contribution in [0, 0.1) is 0 Å². The summed E-state index contributed by atoms with van der Waals surface area (Å²) in [6.45, 7) is 2.21. The Balaban J connectivity index is 1.84. The topological polar surface area (TPSA) is 25.2 Å². The highest BCUT2D eigenvalue weighted by Gasteiger charge is 2.10. The van der Waals surface area contributed by atoms with Crippen molar-refractivity contribution in [1.29, 1.82) is 0 Å². The molecular weight excluding hydrogens is 242 g/mol. The molecule has 0 aliphatic carbocycles. The minimum Gasteiger partial charge on any atom is -0.469 e. The van der Waals surface area contributed by atoms with E-state index in [1.165, 1.54) is 9.75 Å². The monoisotopic (exact) mass is 263 g/mol. The number of hydrogen-bond donors (Lipinski definition) is 1. The fraction of sp³-hybridized carbons (Fsp3) is 0.467. The van der Waals surface area contributed by atoms with E-state index in [-0.39, 0.29) is 0 Å². The van der Waals surface area contributed by atoms with Crippen LogP contribution in [0.1, 0.15) is 28.9 Å². The third-order valence-corrected chi connectivity index (χ3v) is 4.49. The van der Waals surface area contributed by atoms with E-state index >= 15 is 0 Å². The van der Waals surface area contributed by atoms with E-state index in [4.69, 9.17) is 4.42 Å². The van der Waals surface area contributed by atoms with Gasteiger partial charge in [-0.1, -0.05) is 6.92 Å². The Morgan fingerprint density at radius 3 is 2.72 bits per heavy atom. The minimum absolute atomic E-state index is 0.526. The Labute approximate surface area is 113 Å². The van der Waals surface area contributed by atoms with Gasteiger partial charge in [-0.15, -0.1) is 11.3 Å². The van der Waals surface area contributed by atoms with Crippen LogP contribution in [0.2, 0.25) is 0 Å². The summed E-state index contributed by atoms with van der Waals surface area (Å²) in [6, 6.07) is 9.04. The SMILES string of the molecule is CCc1ccc(CC(CCc2ccco2)NC)s1. The molecule has 0 fully saturated rings. The molecule has 98 valence electrons. The van der Waals surface area contributed by atoms with Gasteiger partial charge in [0, 0.05) is 22.2 Å². The number of nitrogens with one attached hydrogen (secondary N) is 1. The zero-order valence-corrected chi connectivity index (χ0v) is 11.9. The highest BCUT2D eigenvalue weighted by atomic mass is 32.1. The maximum atomic E-state index is 5.37. The Morgan fingerprint density at radius 2 is 2.11 bits per heavy atom. The van der Waals surface area contributed by atoms with E-state index in [1.54, 1.807) is 6.26 Å². The highest BCUT2D eigenvalue weighted by Crippen LogP contribution is 2.19. The molecule has 3 heteroatoms. The van der Waals surface area contributed by atoms with Crippen molar-refractivity contribution < 1.29 is 4.42 Å². The average molecular weight is 263 g/mol. The standard InChI is InChI=1S/C15H21NOS/c1-3-14-8-9-15(18-14)11-12(16-2)6-7-13-5-4-10-17-13/h4-5,8-10,12,16H,3,6-7,11H2,1-2H3. The van der Waals surface area contributed by atoms with Gasteiger partial charge in [-0.2, -0.15) is 0 Å². The molecule has 2 nitrogen and oxygen atoms in total. The molecule has 0 bridgehead atoms. The van der Waals surface area contributed by atoms with Gasteiger partial charge in [-0.25, -0.2) is 0 Å². The molecule has 0 aliphatic rings. The quantitative estimate of drug-likeness (QED) is 0.824. The van der Waals surface area contributed by atoms with Crippen molar-refractivity contribution in [3.05, 3.63) is 46.0 Å². The number of likely N-dealkylation sites (N-methyl/N-ethyl adjacent to an activating group) is 1. The molecule has 0 spiro atoms. The number of rotatable bonds is 7. The summed E-state index contributed by atoms with van der Waals surface area (Å²) in [5, 5.41) is 3.41. The van der Waals surface area contributed by atoms with Gasteiger partial charge in [0.25, 0.3) is 0 Å². The van der Waals surface area contributed by atoms with Crippen molar-refractivity contribution >= 4 is 11.3 Å². The molecule has 0 saturated carbocycles. The van der Waals surface area contributed by atoms with Crippen molar-refractivity contribution in [3.63, 3.8) is 0 Å². The molecule has 2 aromatic rings. The fourth-order valence-electron chi connectivity index (χ4n) is 2.08. The second-order valence-electron chi connectivity index (χ2n) is 4.53. The van der Waals surface area contributed by atoms with Crippen LogP contribution in [0.5, 0.6) is 0 Å². The lowest BCUT2D eigenvalue weighted by atomic mass is 10.1. The van der Waals surface area contributed by atoms with Crippen LogP contribution >= 0.6 is 11.3 Å². The van der Waals surface area contributed by atoms with E-state index in [2.05, 4.69) is 24.4 Å². The molecule has 0 aromatic carbocycles. The molecule has 2 rings (SSSR count). The summed E-state index contributed by atoms with van der Waals surface area (Å²) >= 11 is 1.94. The van der Waals surface area contributed by atoms with Crippen LogP contribution in [0.15, 0.2) is 34.9 Å². The smallest absolute Gasteiger partial charge is 0.103 e. The van der Waals surface area contributed by atoms with Gasteiger partial charge in [0.1, 0.15) is 5.76 Å². The first-order chi connectivity index (χ1) is 8.81. The van der Waals surface area contributed by atoms with Crippen LogP contribution in [0.4, 0.5) is 0 Å². The second-order valence-corrected chi connectivity index (χ2v) is 5.78. The predicted octanol–water partition coefficient (Wildman–Crippen LogP) is 3.67. The van der Waals surface area contributed by atoms with E-state index in [9.17, 15) is 0 Å². The van der Waals surface area contributed by atoms with Gasteiger partial charge in [0.05, 0.1) is 6.26 Å². The maximum absolute atomic E-state index is 5.37. The molecule has 1 atom stereocenters. The molecule has 0 aliphatic heterocycles. The summed E-state index contributed by atoms with van der Waals surface area (Å²) in [5.74, 6) is 1.08. The largest absolute Gasteiger partial charge is 0.469 e. The molecule has 1 unspecified atom stereocenters. The van der Waals surface area contributed by atoms with Crippen molar-refractivity contribution in [2.45, 2.75) is 38.6 Å². The third-order valence-electron chi connectivity index (χ3n) is 3.24. The number of hydrogen-bond acceptors (Lipinski definition) is 3. The van der Waals surface area contributed by atoms with Crippen LogP contribution in [0.3, 0.4) is 0 Å². The number of aryl methyl sites for hydroxylation is 2. The molecule has 0 radical (unpaired) electrons. The van der Waals surface area contributed by atoms with Gasteiger partial charge >= 0.3 is 0 Å². The normalized spacial score (nSPS) is 12.8. The zero-order chi connectivity index (χ0) is 12.8. The van der Waals surface area contributed by atoms with Gasteiger partial charge in [0.2, 0.25) is 0 Å². The van der Waals surface area contributed by atoms with Crippen LogP contribution < -0.4 is 5.32 Å². The van der Waals surface area contributed by atoms with E-state index in [1.807, 2.05) is 30.5 Å². The van der Waals surface area contributed by atoms with Crippen LogP contribution in [0.25, 0.3) is 0 Å². The van der Waals surface area contributed by atoms with Crippen LogP contribution in [-0.2, 0) is 19.3 Å². The third kappa shape index (κ3) is 3.72. The first kappa shape index (κ1) is 13.4. The molecule has 2 aromatic heterocycles. The maximum Gasteiger partial charge on any atom is 0.103 e. The second kappa shape index (κ2) is 6.76. The van der Waals surface area contributed by atoms with Gasteiger partial charge in [-0.05, 0) is 50.6 Å². The minimum atomic E-state index is 0.526. The first-order valence-electron chi connectivity index (χ1n) is 6.59. The lowest BCUT2D eigenvalue weighted by Gasteiger charge is -2.14. The Bertz CT molecular complexity index is 447. The highest BCUT2D eigenvalue weighted by molar-refractivity contribution is 7.11. The summed E-state index contributed by atoms with van der Waals surface area (Å²) in [7, 11) is 2.04. The number of furan rings is 1. The van der Waals surface area contributed by atoms with Gasteiger partial charge < -0.3 is 9.73 Å². The van der Waals surface area contributed by atoms with Crippen LogP contribution in [-0.4, -0.2) is 13.1 Å². The Morgan fingerprint density at radius 1 is 1.28 bits per heavy atom. The first-order valence-corrected chi connectivity index (χ1v) is 7.40. The number of thiophene rings is 1. The van der Waals surface area contributed by atoms with E-state index in [0.717, 1.165) is 31.4 Å². The van der Waals surface area contributed by atoms with Crippen molar-refractivity contribution in [2.75, 3.05) is 7.05 Å². The molecule has 0 amide bonds. The molecular formula is C15H21NOS. The Kier molecular flexibility index (Phi) is 5.02. The van der Waals surface area contributed by atoms with Crippen molar-refractivity contribution in [2.24, 2.45) is 0 Å². The summed E-state index contributed by atoms with van der Waals surface area (Å²) in [5.41, 5.74) is 0. The Hall–Kier alpha value is -1.06. The lowest BCUT2D eigenvalue weighted by molar-refractivity contribution is 0.461. The van der Waals surface area contributed by atoms with E-state index < -0.39 is 0 Å². The lowest BCUT2D eigenvalue weighted by Crippen LogP contribution is -2.27. The fourth-order valence-corrected chi connectivity index (χ4v) is 3.12. The van der Waals surface area contributed by atoms with Gasteiger partial charge in [-0.3, -0.25) is 0 Å². The van der Waals surface area contributed by atoms with Gasteiger partial charge in [0.15, 0.2) is 0 Å². The molecule has 0 saturated heterocycles. The molecule has 2 heterocycles. The summed E-state index contributed by atoms with van der Waals surface area (Å²) < 4.78 is 5.37. The zero-order valence-electron chi connectivity index (χ0n) is 11.1. The predicted molar refractivity (Wildman–Crippen MR) is 77.3 cm³/mol. The summed E-state index contributed by atoms with van der Waals surface area (Å²) in [6.07, 6.45) is 6.12. The van der Waals surface area contributed by atoms with E-state index in [0.29, 0.717) is 6.04 Å². The molecule has 18 heavy (non-hydrogen) atoms. The van der Waals surface area contributed by atoms with Crippen molar-refractivity contribution in [1.82, 2.24) is 5.32 Å². The summed E-state index contributed by atoms with van der Waals surface area (Å²) in [4.78, 5) is 2.96.